The second-order valence-electron chi connectivity index (χ2n) is 5.86. The molecular formula is C16H22N2O3. The highest BCUT2D eigenvalue weighted by molar-refractivity contribution is 5.77. The van der Waals surface area contributed by atoms with Gasteiger partial charge in [0.1, 0.15) is 0 Å². The molecule has 3 atom stereocenters. The third kappa shape index (κ3) is 3.97. The molecule has 1 fully saturated rings. The Labute approximate surface area is 125 Å². The van der Waals surface area contributed by atoms with Crippen molar-refractivity contribution >= 4 is 12.0 Å². The van der Waals surface area contributed by atoms with Gasteiger partial charge in [-0.25, -0.2) is 4.79 Å². The number of nitrogens with one attached hydrogen (secondary N) is 1. The van der Waals surface area contributed by atoms with Crippen LogP contribution in [0.1, 0.15) is 31.9 Å². The van der Waals surface area contributed by atoms with Gasteiger partial charge in [-0.15, -0.1) is 0 Å². The zero-order valence-corrected chi connectivity index (χ0v) is 12.5. The summed E-state index contributed by atoms with van der Waals surface area (Å²) in [5.74, 6) is -1.08. The molecule has 0 bridgehead atoms. The van der Waals surface area contributed by atoms with Crippen LogP contribution in [-0.2, 0) is 4.79 Å². The van der Waals surface area contributed by atoms with Gasteiger partial charge in [-0.3, -0.25) is 4.79 Å². The maximum absolute atomic E-state index is 12.3. The lowest BCUT2D eigenvalue weighted by molar-refractivity contribution is -0.143. The molecule has 1 aliphatic rings. The van der Waals surface area contributed by atoms with E-state index in [-0.39, 0.29) is 24.5 Å². The summed E-state index contributed by atoms with van der Waals surface area (Å²) in [6, 6.07) is 9.43. The monoisotopic (exact) mass is 290 g/mol. The third-order valence-corrected chi connectivity index (χ3v) is 3.94. The standard InChI is InChI=1S/C16H22N2O3/c1-11-8-14(15(19)20)10-18(9-11)16(21)17-12(2)13-6-4-3-5-7-13/h3-7,11-12,14H,8-10H2,1-2H3,(H,17,21)(H,19,20). The topological polar surface area (TPSA) is 69.6 Å². The van der Waals surface area contributed by atoms with Crippen LogP contribution in [-0.4, -0.2) is 35.1 Å². The number of piperidine rings is 1. The number of hydrogen-bond donors (Lipinski definition) is 2. The number of carboxylic acid groups (broad SMARTS) is 1. The zero-order chi connectivity index (χ0) is 15.4. The van der Waals surface area contributed by atoms with E-state index < -0.39 is 11.9 Å². The van der Waals surface area contributed by atoms with E-state index in [1.807, 2.05) is 44.2 Å². The number of urea groups is 1. The number of carboxylic acids is 1. The van der Waals surface area contributed by atoms with Gasteiger partial charge in [0.05, 0.1) is 12.0 Å². The summed E-state index contributed by atoms with van der Waals surface area (Å²) in [4.78, 5) is 25.1. The Morgan fingerprint density at radius 1 is 1.29 bits per heavy atom. The summed E-state index contributed by atoms with van der Waals surface area (Å²) < 4.78 is 0. The highest BCUT2D eigenvalue weighted by Crippen LogP contribution is 2.22. The van der Waals surface area contributed by atoms with Crippen molar-refractivity contribution in [2.75, 3.05) is 13.1 Å². The molecule has 0 saturated carbocycles. The Morgan fingerprint density at radius 2 is 1.95 bits per heavy atom. The van der Waals surface area contributed by atoms with Crippen molar-refractivity contribution in [1.29, 1.82) is 0 Å². The molecule has 2 rings (SSSR count). The Kier molecular flexibility index (Phi) is 4.83. The van der Waals surface area contributed by atoms with Gasteiger partial charge >= 0.3 is 12.0 Å². The number of carbonyl (C=O) groups is 2. The van der Waals surface area contributed by atoms with Crippen molar-refractivity contribution in [1.82, 2.24) is 10.2 Å². The molecule has 21 heavy (non-hydrogen) atoms. The number of carbonyl (C=O) groups excluding carboxylic acids is 1. The predicted molar refractivity (Wildman–Crippen MR) is 79.9 cm³/mol. The number of benzene rings is 1. The van der Waals surface area contributed by atoms with Crippen molar-refractivity contribution in [2.45, 2.75) is 26.3 Å². The SMILES string of the molecule is CC1CC(C(=O)O)CN(C(=O)NC(C)c2ccccc2)C1. The predicted octanol–water partition coefficient (Wildman–Crippen LogP) is 2.50. The molecule has 1 heterocycles. The normalized spacial score (nSPS) is 23.4. The van der Waals surface area contributed by atoms with Crippen LogP contribution in [0.5, 0.6) is 0 Å². The molecule has 0 aromatic heterocycles. The van der Waals surface area contributed by atoms with Gasteiger partial charge in [0, 0.05) is 13.1 Å². The summed E-state index contributed by atoms with van der Waals surface area (Å²) in [5, 5.41) is 12.1. The quantitative estimate of drug-likeness (QED) is 0.898. The van der Waals surface area contributed by atoms with Crippen LogP contribution < -0.4 is 5.32 Å². The van der Waals surface area contributed by atoms with E-state index in [0.29, 0.717) is 13.0 Å². The molecule has 1 aromatic carbocycles. The minimum atomic E-state index is -0.824. The van der Waals surface area contributed by atoms with E-state index in [9.17, 15) is 9.59 Å². The lowest BCUT2D eigenvalue weighted by Gasteiger charge is -2.35. The van der Waals surface area contributed by atoms with E-state index in [2.05, 4.69) is 5.32 Å². The lowest BCUT2D eigenvalue weighted by atomic mass is 9.91. The number of aliphatic carboxylic acids is 1. The van der Waals surface area contributed by atoms with Crippen LogP contribution >= 0.6 is 0 Å². The largest absolute Gasteiger partial charge is 0.481 e. The van der Waals surface area contributed by atoms with Gasteiger partial charge in [0.2, 0.25) is 0 Å². The second kappa shape index (κ2) is 6.61. The molecule has 2 amide bonds. The van der Waals surface area contributed by atoms with Crippen LogP contribution in [0.15, 0.2) is 30.3 Å². The average molecular weight is 290 g/mol. The summed E-state index contributed by atoms with van der Waals surface area (Å²) in [6.07, 6.45) is 0.632. The molecule has 1 aromatic rings. The van der Waals surface area contributed by atoms with Crippen molar-refractivity contribution in [3.05, 3.63) is 35.9 Å². The van der Waals surface area contributed by atoms with Crippen molar-refractivity contribution < 1.29 is 14.7 Å². The fourth-order valence-corrected chi connectivity index (χ4v) is 2.80. The highest BCUT2D eigenvalue weighted by atomic mass is 16.4. The zero-order valence-electron chi connectivity index (χ0n) is 12.5. The van der Waals surface area contributed by atoms with Crippen LogP contribution in [0.2, 0.25) is 0 Å². The number of amides is 2. The van der Waals surface area contributed by atoms with E-state index in [1.54, 1.807) is 4.90 Å². The summed E-state index contributed by atoms with van der Waals surface area (Å²) in [7, 11) is 0. The van der Waals surface area contributed by atoms with Crippen molar-refractivity contribution in [3.63, 3.8) is 0 Å². The molecule has 114 valence electrons. The number of likely N-dealkylation sites (tertiary alicyclic amines) is 1. The Morgan fingerprint density at radius 3 is 2.57 bits per heavy atom. The minimum absolute atomic E-state index is 0.0980. The molecule has 0 spiro atoms. The molecule has 5 heteroatoms. The van der Waals surface area contributed by atoms with Gasteiger partial charge in [0.25, 0.3) is 0 Å². The molecule has 5 nitrogen and oxygen atoms in total. The van der Waals surface area contributed by atoms with Crippen molar-refractivity contribution in [3.8, 4) is 0 Å². The van der Waals surface area contributed by atoms with Crippen LogP contribution in [0.4, 0.5) is 4.79 Å². The van der Waals surface area contributed by atoms with Crippen LogP contribution in [0.3, 0.4) is 0 Å². The maximum Gasteiger partial charge on any atom is 0.317 e. The molecule has 1 saturated heterocycles. The van der Waals surface area contributed by atoms with Crippen LogP contribution in [0, 0.1) is 11.8 Å². The third-order valence-electron chi connectivity index (χ3n) is 3.94. The van der Waals surface area contributed by atoms with Gasteiger partial charge in [-0.05, 0) is 24.8 Å². The van der Waals surface area contributed by atoms with E-state index >= 15 is 0 Å². The average Bonchev–Trinajstić information content (AvgIpc) is 2.47. The molecular weight excluding hydrogens is 268 g/mol. The van der Waals surface area contributed by atoms with E-state index in [4.69, 9.17) is 5.11 Å². The maximum atomic E-state index is 12.3. The van der Waals surface area contributed by atoms with Gasteiger partial charge in [-0.1, -0.05) is 37.3 Å². The molecule has 2 N–H and O–H groups in total. The first-order valence-corrected chi connectivity index (χ1v) is 7.30. The lowest BCUT2D eigenvalue weighted by Crippen LogP contribution is -2.49. The molecule has 1 aliphatic heterocycles. The Balaban J connectivity index is 1.98. The first-order valence-electron chi connectivity index (χ1n) is 7.30. The van der Waals surface area contributed by atoms with Crippen molar-refractivity contribution in [2.24, 2.45) is 11.8 Å². The van der Waals surface area contributed by atoms with Gasteiger partial charge < -0.3 is 15.3 Å². The summed E-state index contributed by atoms with van der Waals surface area (Å²) >= 11 is 0. The fraction of sp³-hybridized carbons (Fsp3) is 0.500. The first-order chi connectivity index (χ1) is 9.97. The van der Waals surface area contributed by atoms with Crippen LogP contribution in [0.25, 0.3) is 0 Å². The first kappa shape index (κ1) is 15.4. The Hall–Kier alpha value is -2.04. The number of hydrogen-bond acceptors (Lipinski definition) is 2. The van der Waals surface area contributed by atoms with Gasteiger partial charge in [0.15, 0.2) is 0 Å². The Bertz CT molecular complexity index is 504. The van der Waals surface area contributed by atoms with E-state index in [1.165, 1.54) is 0 Å². The summed E-state index contributed by atoms with van der Waals surface area (Å²) in [5.41, 5.74) is 1.03. The van der Waals surface area contributed by atoms with E-state index in [0.717, 1.165) is 5.56 Å². The second-order valence-corrected chi connectivity index (χ2v) is 5.86. The summed E-state index contributed by atoms with van der Waals surface area (Å²) in [6.45, 7) is 4.80. The highest BCUT2D eigenvalue weighted by Gasteiger charge is 2.32. The molecule has 0 aliphatic carbocycles. The number of nitrogens with zero attached hydrogens (tertiary/aromatic N) is 1. The number of rotatable bonds is 3. The molecule has 3 unspecified atom stereocenters. The van der Waals surface area contributed by atoms with Gasteiger partial charge in [-0.2, -0.15) is 0 Å². The minimum Gasteiger partial charge on any atom is -0.481 e. The smallest absolute Gasteiger partial charge is 0.317 e. The fourth-order valence-electron chi connectivity index (χ4n) is 2.80. The molecule has 0 radical (unpaired) electrons.